The van der Waals surface area contributed by atoms with Crippen LogP contribution in [0.5, 0.6) is 0 Å². The second kappa shape index (κ2) is 11.3. The molecule has 0 aromatic heterocycles. The van der Waals surface area contributed by atoms with Crippen molar-refractivity contribution in [1.82, 2.24) is 14.9 Å². The molecule has 1 fully saturated rings. The molecule has 5 nitrogen and oxygen atoms in total. The molecule has 0 aliphatic carbocycles. The van der Waals surface area contributed by atoms with Crippen LogP contribution in [-0.4, -0.2) is 52.6 Å². The molecule has 0 saturated carbocycles. The Morgan fingerprint density at radius 2 is 1.71 bits per heavy atom. The highest BCUT2D eigenvalue weighted by Crippen LogP contribution is 2.13. The molecule has 2 N–H and O–H groups in total. The number of piperazine rings is 1. The molecule has 0 bridgehead atoms. The van der Waals surface area contributed by atoms with Gasteiger partial charge in [0.15, 0.2) is 0 Å². The summed E-state index contributed by atoms with van der Waals surface area (Å²) in [5, 5.41) is 3.29. The Labute approximate surface area is 158 Å². The van der Waals surface area contributed by atoms with Gasteiger partial charge in [-0.05, 0) is 30.0 Å². The number of sulfonamides is 1. The zero-order chi connectivity index (χ0) is 16.0. The van der Waals surface area contributed by atoms with Crippen molar-refractivity contribution in [1.29, 1.82) is 0 Å². The van der Waals surface area contributed by atoms with E-state index < -0.39 is 10.0 Å². The molecule has 1 heterocycles. The average molecular weight is 398 g/mol. The van der Waals surface area contributed by atoms with Gasteiger partial charge >= 0.3 is 0 Å². The van der Waals surface area contributed by atoms with E-state index in [0.717, 1.165) is 39.1 Å². The molecule has 0 unspecified atom stereocenters. The van der Waals surface area contributed by atoms with Crippen molar-refractivity contribution in [2.24, 2.45) is 5.92 Å². The molecule has 0 amide bonds. The van der Waals surface area contributed by atoms with Crippen LogP contribution in [0.15, 0.2) is 29.2 Å². The first kappa shape index (κ1) is 23.6. The Bertz CT molecular complexity index is 559. The molecule has 24 heavy (non-hydrogen) atoms. The molecular formula is C16H29Cl2N3O2S. The number of hydrogen-bond donors (Lipinski definition) is 2. The number of nitrogens with one attached hydrogen (secondary N) is 2. The van der Waals surface area contributed by atoms with Crippen LogP contribution < -0.4 is 10.0 Å². The van der Waals surface area contributed by atoms with Gasteiger partial charge in [0, 0.05) is 39.3 Å². The number of benzene rings is 1. The zero-order valence-electron chi connectivity index (χ0n) is 14.3. The van der Waals surface area contributed by atoms with E-state index in [-0.39, 0.29) is 24.8 Å². The standard InChI is InChI=1S/C16H27N3O2S.2ClH/c1-14(2)13-15-3-5-16(6-4-15)22(20,21)18-9-12-19-10-7-17-8-11-19;;/h3-6,14,17-18H,7-13H2,1-2H3;2*1H. The fourth-order valence-electron chi connectivity index (χ4n) is 2.63. The van der Waals surface area contributed by atoms with Crippen LogP contribution in [0.3, 0.4) is 0 Å². The third kappa shape index (κ3) is 7.68. The molecule has 140 valence electrons. The Kier molecular flexibility index (Phi) is 11.1. The number of hydrogen-bond acceptors (Lipinski definition) is 4. The molecule has 2 rings (SSSR count). The van der Waals surface area contributed by atoms with Crippen LogP contribution in [0.2, 0.25) is 0 Å². The Morgan fingerprint density at radius 3 is 2.25 bits per heavy atom. The van der Waals surface area contributed by atoms with Crippen molar-refractivity contribution in [2.75, 3.05) is 39.3 Å². The topological polar surface area (TPSA) is 61.4 Å². The molecule has 1 saturated heterocycles. The summed E-state index contributed by atoms with van der Waals surface area (Å²) < 4.78 is 27.2. The van der Waals surface area contributed by atoms with Crippen LogP contribution in [0.1, 0.15) is 19.4 Å². The number of nitrogens with zero attached hydrogens (tertiary/aromatic N) is 1. The third-order valence-electron chi connectivity index (χ3n) is 3.81. The van der Waals surface area contributed by atoms with Gasteiger partial charge in [-0.3, -0.25) is 4.90 Å². The minimum atomic E-state index is -3.40. The summed E-state index contributed by atoms with van der Waals surface area (Å²) in [5.74, 6) is 0.569. The van der Waals surface area contributed by atoms with Crippen LogP contribution in [0.25, 0.3) is 0 Å². The number of halogens is 2. The quantitative estimate of drug-likeness (QED) is 0.737. The number of rotatable bonds is 7. The first-order valence-corrected chi connectivity index (χ1v) is 9.47. The molecule has 0 spiro atoms. The van der Waals surface area contributed by atoms with Gasteiger partial charge < -0.3 is 5.32 Å². The minimum Gasteiger partial charge on any atom is -0.314 e. The van der Waals surface area contributed by atoms with Gasteiger partial charge in [0.25, 0.3) is 0 Å². The fourth-order valence-corrected chi connectivity index (χ4v) is 3.65. The normalized spacial score (nSPS) is 15.6. The Morgan fingerprint density at radius 1 is 1.12 bits per heavy atom. The van der Waals surface area contributed by atoms with Crippen molar-refractivity contribution in [3.8, 4) is 0 Å². The van der Waals surface area contributed by atoms with E-state index in [4.69, 9.17) is 0 Å². The first-order chi connectivity index (χ1) is 10.5. The van der Waals surface area contributed by atoms with Crippen LogP contribution in [0, 0.1) is 5.92 Å². The maximum absolute atomic E-state index is 12.3. The van der Waals surface area contributed by atoms with Crippen molar-refractivity contribution in [3.05, 3.63) is 29.8 Å². The highest BCUT2D eigenvalue weighted by atomic mass is 35.5. The van der Waals surface area contributed by atoms with E-state index >= 15 is 0 Å². The van der Waals surface area contributed by atoms with Crippen molar-refractivity contribution >= 4 is 34.8 Å². The second-order valence-electron chi connectivity index (χ2n) is 6.23. The summed E-state index contributed by atoms with van der Waals surface area (Å²) in [5.41, 5.74) is 1.18. The lowest BCUT2D eigenvalue weighted by Crippen LogP contribution is -2.46. The van der Waals surface area contributed by atoms with Gasteiger partial charge in [0.05, 0.1) is 4.90 Å². The zero-order valence-corrected chi connectivity index (χ0v) is 16.8. The van der Waals surface area contributed by atoms with E-state index in [1.165, 1.54) is 5.56 Å². The van der Waals surface area contributed by atoms with Crippen LogP contribution in [0.4, 0.5) is 0 Å². The summed E-state index contributed by atoms with van der Waals surface area (Å²) >= 11 is 0. The molecule has 1 aromatic rings. The molecule has 1 aliphatic rings. The molecule has 1 aromatic carbocycles. The van der Waals surface area contributed by atoms with Gasteiger partial charge in [-0.2, -0.15) is 0 Å². The predicted molar refractivity (Wildman–Crippen MR) is 104 cm³/mol. The monoisotopic (exact) mass is 397 g/mol. The van der Waals surface area contributed by atoms with E-state index in [1.807, 2.05) is 12.1 Å². The van der Waals surface area contributed by atoms with Gasteiger partial charge in [0.2, 0.25) is 10.0 Å². The highest BCUT2D eigenvalue weighted by Gasteiger charge is 2.15. The maximum atomic E-state index is 12.3. The highest BCUT2D eigenvalue weighted by molar-refractivity contribution is 7.89. The van der Waals surface area contributed by atoms with E-state index in [2.05, 4.69) is 28.8 Å². The fraction of sp³-hybridized carbons (Fsp3) is 0.625. The molecule has 0 atom stereocenters. The largest absolute Gasteiger partial charge is 0.314 e. The summed E-state index contributed by atoms with van der Waals surface area (Å²) in [4.78, 5) is 2.62. The molecular weight excluding hydrogens is 369 g/mol. The SMILES string of the molecule is CC(C)Cc1ccc(S(=O)(=O)NCCN2CCNCC2)cc1.Cl.Cl. The van der Waals surface area contributed by atoms with Gasteiger partial charge in [-0.15, -0.1) is 24.8 Å². The maximum Gasteiger partial charge on any atom is 0.240 e. The molecule has 0 radical (unpaired) electrons. The lowest BCUT2D eigenvalue weighted by molar-refractivity contribution is 0.245. The van der Waals surface area contributed by atoms with Gasteiger partial charge in [-0.1, -0.05) is 26.0 Å². The van der Waals surface area contributed by atoms with Crippen LogP contribution >= 0.6 is 24.8 Å². The average Bonchev–Trinajstić information content (AvgIpc) is 2.48. The Balaban J connectivity index is 0.00000264. The van der Waals surface area contributed by atoms with Crippen molar-refractivity contribution in [3.63, 3.8) is 0 Å². The van der Waals surface area contributed by atoms with E-state index in [0.29, 0.717) is 17.4 Å². The lowest BCUT2D eigenvalue weighted by Gasteiger charge is -2.27. The van der Waals surface area contributed by atoms with E-state index in [1.54, 1.807) is 12.1 Å². The summed E-state index contributed by atoms with van der Waals surface area (Å²) in [6, 6.07) is 7.21. The summed E-state index contributed by atoms with van der Waals surface area (Å²) in [6.45, 7) is 9.43. The summed E-state index contributed by atoms with van der Waals surface area (Å²) in [6.07, 6.45) is 0.969. The second-order valence-corrected chi connectivity index (χ2v) is 8.00. The van der Waals surface area contributed by atoms with Gasteiger partial charge in [-0.25, -0.2) is 13.1 Å². The summed E-state index contributed by atoms with van der Waals surface area (Å²) in [7, 11) is -3.40. The molecule has 1 aliphatic heterocycles. The smallest absolute Gasteiger partial charge is 0.240 e. The van der Waals surface area contributed by atoms with Crippen molar-refractivity contribution < 1.29 is 8.42 Å². The first-order valence-electron chi connectivity index (χ1n) is 7.99. The van der Waals surface area contributed by atoms with Gasteiger partial charge in [0.1, 0.15) is 0 Å². The predicted octanol–water partition coefficient (Wildman–Crippen LogP) is 1.91. The van der Waals surface area contributed by atoms with E-state index in [9.17, 15) is 8.42 Å². The molecule has 8 heteroatoms. The minimum absolute atomic E-state index is 0. The van der Waals surface area contributed by atoms with Crippen LogP contribution in [-0.2, 0) is 16.4 Å². The lowest BCUT2D eigenvalue weighted by atomic mass is 10.0. The third-order valence-corrected chi connectivity index (χ3v) is 5.28. The van der Waals surface area contributed by atoms with Crippen molar-refractivity contribution in [2.45, 2.75) is 25.2 Å². The Hall–Kier alpha value is -0.370.